The van der Waals surface area contributed by atoms with Crippen molar-refractivity contribution in [2.75, 3.05) is 13.2 Å². The molecule has 6 nitrogen and oxygen atoms in total. The van der Waals surface area contributed by atoms with Crippen molar-refractivity contribution in [3.63, 3.8) is 0 Å². The zero-order valence-corrected chi connectivity index (χ0v) is 7.66. The Labute approximate surface area is 76.2 Å². The number of urea groups is 1. The van der Waals surface area contributed by atoms with Gasteiger partial charge in [-0.3, -0.25) is 4.84 Å². The topological polar surface area (TPSA) is 87.7 Å². The average Bonchev–Trinajstić information content (AvgIpc) is 2.00. The van der Waals surface area contributed by atoms with E-state index in [1.807, 2.05) is 19.3 Å². The molecule has 0 unspecified atom stereocenters. The number of nitrogens with one attached hydrogen (secondary N) is 2. The predicted molar refractivity (Wildman–Crippen MR) is 45.0 cm³/mol. The molecule has 0 aliphatic rings. The molecule has 0 bridgehead atoms. The molecule has 2 amide bonds. The van der Waals surface area contributed by atoms with Crippen LogP contribution in [0.5, 0.6) is 0 Å². The number of carboxylic acids is 1. The van der Waals surface area contributed by atoms with Crippen LogP contribution in [-0.2, 0) is 9.63 Å². The number of aliphatic carboxylic acids is 1. The Morgan fingerprint density at radius 2 is 2.08 bits per heavy atom. The van der Waals surface area contributed by atoms with E-state index in [1.165, 1.54) is 0 Å². The second-order valence-corrected chi connectivity index (χ2v) is 2.89. The first-order chi connectivity index (χ1) is 6.02. The molecule has 0 saturated carbocycles. The Bertz CT molecular complexity index is 181. The Hall–Kier alpha value is -1.30. The summed E-state index contributed by atoms with van der Waals surface area (Å²) in [6, 6.07) is -0.532. The van der Waals surface area contributed by atoms with Crippen LogP contribution in [0.4, 0.5) is 4.79 Å². The average molecular weight is 190 g/mol. The first kappa shape index (κ1) is 11.7. The van der Waals surface area contributed by atoms with Crippen LogP contribution in [0.2, 0.25) is 0 Å². The zero-order chi connectivity index (χ0) is 10.3. The molecule has 0 aromatic heterocycles. The summed E-state index contributed by atoms with van der Waals surface area (Å²) in [6.45, 7) is 3.86. The van der Waals surface area contributed by atoms with Crippen molar-refractivity contribution in [1.82, 2.24) is 10.8 Å². The van der Waals surface area contributed by atoms with Crippen molar-refractivity contribution in [2.45, 2.75) is 13.8 Å². The molecular formula is C7H14N2O4. The van der Waals surface area contributed by atoms with Gasteiger partial charge in [-0.25, -0.2) is 15.1 Å². The van der Waals surface area contributed by atoms with Crippen LogP contribution in [0.1, 0.15) is 13.8 Å². The van der Waals surface area contributed by atoms with Crippen LogP contribution in [0.15, 0.2) is 0 Å². The Balaban J connectivity index is 3.35. The molecule has 0 fully saturated rings. The lowest BCUT2D eigenvalue weighted by Crippen LogP contribution is -2.38. The van der Waals surface area contributed by atoms with Gasteiger partial charge in [0.25, 0.3) is 0 Å². The van der Waals surface area contributed by atoms with E-state index in [-0.39, 0.29) is 0 Å². The monoisotopic (exact) mass is 190 g/mol. The molecular weight excluding hydrogens is 176 g/mol. The summed E-state index contributed by atoms with van der Waals surface area (Å²) in [4.78, 5) is 25.1. The standard InChI is InChI=1S/C7H14N2O4/c1-5(2)3-8-7(12)9-13-4-6(10)11/h5H,3-4H2,1-2H3,(H,10,11)(H2,8,9,12). The van der Waals surface area contributed by atoms with Crippen LogP contribution >= 0.6 is 0 Å². The number of hydrogen-bond donors (Lipinski definition) is 3. The predicted octanol–water partition coefficient (Wildman–Crippen LogP) is -0.0422. The van der Waals surface area contributed by atoms with Gasteiger partial charge in [-0.2, -0.15) is 0 Å². The summed E-state index contributed by atoms with van der Waals surface area (Å²) in [6.07, 6.45) is 0. The summed E-state index contributed by atoms with van der Waals surface area (Å²) in [7, 11) is 0. The van der Waals surface area contributed by atoms with E-state index in [0.717, 1.165) is 0 Å². The minimum atomic E-state index is -1.14. The summed E-state index contributed by atoms with van der Waals surface area (Å²) in [5.41, 5.74) is 1.94. The number of carboxylic acid groups (broad SMARTS) is 1. The largest absolute Gasteiger partial charge is 0.479 e. The molecule has 3 N–H and O–H groups in total. The fourth-order valence-electron chi connectivity index (χ4n) is 0.496. The van der Waals surface area contributed by atoms with Gasteiger partial charge < -0.3 is 10.4 Å². The lowest BCUT2D eigenvalue weighted by atomic mass is 10.2. The number of carbonyl (C=O) groups is 2. The van der Waals surface area contributed by atoms with Crippen LogP contribution in [0.3, 0.4) is 0 Å². The van der Waals surface area contributed by atoms with Gasteiger partial charge >= 0.3 is 12.0 Å². The summed E-state index contributed by atoms with van der Waals surface area (Å²) in [5.74, 6) is -0.797. The second kappa shape index (κ2) is 6.24. The van der Waals surface area contributed by atoms with Crippen LogP contribution in [-0.4, -0.2) is 30.3 Å². The van der Waals surface area contributed by atoms with E-state index in [9.17, 15) is 9.59 Å². The van der Waals surface area contributed by atoms with Crippen molar-refractivity contribution in [1.29, 1.82) is 0 Å². The Morgan fingerprint density at radius 3 is 2.54 bits per heavy atom. The summed E-state index contributed by atoms with van der Waals surface area (Å²) >= 11 is 0. The Morgan fingerprint density at radius 1 is 1.46 bits per heavy atom. The fourth-order valence-corrected chi connectivity index (χ4v) is 0.496. The quantitative estimate of drug-likeness (QED) is 0.531. The third-order valence-electron chi connectivity index (χ3n) is 1.03. The van der Waals surface area contributed by atoms with E-state index in [0.29, 0.717) is 12.5 Å². The number of hydroxylamine groups is 1. The molecule has 0 radical (unpaired) electrons. The van der Waals surface area contributed by atoms with Gasteiger partial charge in [0, 0.05) is 6.54 Å². The molecule has 0 spiro atoms. The van der Waals surface area contributed by atoms with Crippen molar-refractivity contribution in [2.24, 2.45) is 5.92 Å². The van der Waals surface area contributed by atoms with Gasteiger partial charge in [0.05, 0.1) is 0 Å². The van der Waals surface area contributed by atoms with Crippen molar-refractivity contribution in [3.8, 4) is 0 Å². The third-order valence-corrected chi connectivity index (χ3v) is 1.03. The lowest BCUT2D eigenvalue weighted by molar-refractivity contribution is -0.144. The molecule has 0 aromatic rings. The highest BCUT2D eigenvalue weighted by atomic mass is 16.7. The third kappa shape index (κ3) is 8.61. The summed E-state index contributed by atoms with van der Waals surface area (Å²) < 4.78 is 0. The molecule has 0 aromatic carbocycles. The maximum Gasteiger partial charge on any atom is 0.338 e. The van der Waals surface area contributed by atoms with Crippen molar-refractivity contribution >= 4 is 12.0 Å². The number of amides is 2. The van der Waals surface area contributed by atoms with Crippen molar-refractivity contribution in [3.05, 3.63) is 0 Å². The normalized spacial score (nSPS) is 9.77. The van der Waals surface area contributed by atoms with Gasteiger partial charge in [-0.1, -0.05) is 13.8 Å². The van der Waals surface area contributed by atoms with Gasteiger partial charge in [0.2, 0.25) is 0 Å². The molecule has 0 saturated heterocycles. The van der Waals surface area contributed by atoms with Crippen LogP contribution in [0.25, 0.3) is 0 Å². The van der Waals surface area contributed by atoms with E-state index in [2.05, 4.69) is 10.2 Å². The number of rotatable bonds is 5. The van der Waals surface area contributed by atoms with Crippen LogP contribution in [0, 0.1) is 5.92 Å². The highest BCUT2D eigenvalue weighted by molar-refractivity contribution is 5.73. The second-order valence-electron chi connectivity index (χ2n) is 2.89. The molecule has 0 rings (SSSR count). The van der Waals surface area contributed by atoms with Crippen LogP contribution < -0.4 is 10.8 Å². The van der Waals surface area contributed by atoms with Gasteiger partial charge in [0.15, 0.2) is 6.61 Å². The maximum atomic E-state index is 10.8. The molecule has 0 heterocycles. The maximum absolute atomic E-state index is 10.8. The minimum Gasteiger partial charge on any atom is -0.479 e. The van der Waals surface area contributed by atoms with E-state index < -0.39 is 18.6 Å². The van der Waals surface area contributed by atoms with Gasteiger partial charge in [-0.15, -0.1) is 0 Å². The highest BCUT2D eigenvalue weighted by Crippen LogP contribution is 1.86. The summed E-state index contributed by atoms with van der Waals surface area (Å²) in [5, 5.41) is 10.6. The van der Waals surface area contributed by atoms with Gasteiger partial charge in [-0.05, 0) is 5.92 Å². The minimum absolute atomic E-state index is 0.338. The zero-order valence-electron chi connectivity index (χ0n) is 7.66. The Kier molecular flexibility index (Phi) is 5.62. The van der Waals surface area contributed by atoms with E-state index >= 15 is 0 Å². The highest BCUT2D eigenvalue weighted by Gasteiger charge is 2.02. The SMILES string of the molecule is CC(C)CNC(=O)NOCC(=O)O. The number of hydrogen-bond acceptors (Lipinski definition) is 3. The molecule has 0 aliphatic carbocycles. The van der Waals surface area contributed by atoms with E-state index in [1.54, 1.807) is 0 Å². The van der Waals surface area contributed by atoms with Gasteiger partial charge in [0.1, 0.15) is 0 Å². The molecule has 6 heteroatoms. The first-order valence-corrected chi connectivity index (χ1v) is 3.89. The molecule has 13 heavy (non-hydrogen) atoms. The molecule has 0 atom stereocenters. The number of carbonyl (C=O) groups excluding carboxylic acids is 1. The fraction of sp³-hybridized carbons (Fsp3) is 0.714. The van der Waals surface area contributed by atoms with E-state index in [4.69, 9.17) is 5.11 Å². The lowest BCUT2D eigenvalue weighted by Gasteiger charge is -2.07. The van der Waals surface area contributed by atoms with Crippen molar-refractivity contribution < 1.29 is 19.5 Å². The molecule has 76 valence electrons. The molecule has 0 aliphatic heterocycles. The smallest absolute Gasteiger partial charge is 0.338 e. The first-order valence-electron chi connectivity index (χ1n) is 3.89.